The summed E-state index contributed by atoms with van der Waals surface area (Å²) in [5.41, 5.74) is 3.14. The number of thiocarbonyl (C=S) groups is 1. The summed E-state index contributed by atoms with van der Waals surface area (Å²) in [5.74, 6) is 0.0282. The molecule has 0 bridgehead atoms. The molecule has 3 aromatic rings. The molecule has 1 aromatic heterocycles. The number of azo groups is 1. The van der Waals surface area contributed by atoms with Gasteiger partial charge in [-0.25, -0.2) is 0 Å². The number of anilines is 1. The second-order valence-corrected chi connectivity index (χ2v) is 6.98. The zero-order chi connectivity index (χ0) is 18.7. The summed E-state index contributed by atoms with van der Waals surface area (Å²) in [6.45, 7) is 6.18. The molecule has 0 aliphatic carbocycles. The van der Waals surface area contributed by atoms with Gasteiger partial charge in [-0.15, -0.1) is 16.8 Å². The van der Waals surface area contributed by atoms with Crippen molar-refractivity contribution in [3.63, 3.8) is 0 Å². The van der Waals surface area contributed by atoms with E-state index in [4.69, 9.17) is 12.2 Å². The van der Waals surface area contributed by atoms with Crippen molar-refractivity contribution in [2.75, 3.05) is 5.32 Å². The zero-order valence-corrected chi connectivity index (χ0v) is 16.5. The second-order valence-electron chi connectivity index (χ2n) is 5.68. The Morgan fingerprint density at radius 3 is 2.85 bits per heavy atom. The van der Waals surface area contributed by atoms with Crippen LogP contribution in [0.25, 0.3) is 10.9 Å². The van der Waals surface area contributed by atoms with Crippen LogP contribution in [0.1, 0.15) is 5.56 Å². The highest BCUT2D eigenvalue weighted by molar-refractivity contribution is 9.10. The first-order valence-corrected chi connectivity index (χ1v) is 9.11. The van der Waals surface area contributed by atoms with E-state index in [0.29, 0.717) is 12.2 Å². The molecule has 7 heteroatoms. The van der Waals surface area contributed by atoms with E-state index in [1.54, 1.807) is 10.6 Å². The van der Waals surface area contributed by atoms with Crippen LogP contribution in [0.5, 0.6) is 5.88 Å². The lowest BCUT2D eigenvalue weighted by molar-refractivity contribution is 0.431. The third kappa shape index (κ3) is 3.68. The van der Waals surface area contributed by atoms with Crippen LogP contribution < -0.4 is 5.32 Å². The van der Waals surface area contributed by atoms with Gasteiger partial charge < -0.3 is 15.0 Å². The molecule has 5 nitrogen and oxygen atoms in total. The fourth-order valence-corrected chi connectivity index (χ4v) is 3.17. The zero-order valence-electron chi connectivity index (χ0n) is 14.1. The van der Waals surface area contributed by atoms with Gasteiger partial charge in [0.15, 0.2) is 5.69 Å². The minimum atomic E-state index is 0.0282. The van der Waals surface area contributed by atoms with Gasteiger partial charge >= 0.3 is 0 Å². The number of aromatic nitrogens is 1. The smallest absolute Gasteiger partial charge is 0.221 e. The Morgan fingerprint density at radius 2 is 2.12 bits per heavy atom. The Labute approximate surface area is 165 Å². The molecule has 3 rings (SSSR count). The highest BCUT2D eigenvalue weighted by Crippen LogP contribution is 2.40. The lowest BCUT2D eigenvalue weighted by Crippen LogP contribution is -2.06. The average molecular weight is 429 g/mol. The van der Waals surface area contributed by atoms with Crippen LogP contribution in [-0.2, 0) is 6.54 Å². The van der Waals surface area contributed by atoms with Crippen molar-refractivity contribution in [3.05, 3.63) is 65.2 Å². The number of aryl methyl sites for hydroxylation is 1. The maximum absolute atomic E-state index is 10.6. The first-order valence-electron chi connectivity index (χ1n) is 7.91. The number of hydrogen-bond donors (Lipinski definition) is 2. The quantitative estimate of drug-likeness (QED) is 0.300. The molecule has 1 heterocycles. The summed E-state index contributed by atoms with van der Waals surface area (Å²) in [6, 6.07) is 13.5. The Balaban J connectivity index is 1.95. The number of rotatable bonds is 4. The van der Waals surface area contributed by atoms with Crippen LogP contribution in [-0.4, -0.2) is 14.8 Å². The molecule has 0 amide bonds. The molecule has 0 spiro atoms. The Kier molecular flexibility index (Phi) is 5.49. The predicted molar refractivity (Wildman–Crippen MR) is 113 cm³/mol. The van der Waals surface area contributed by atoms with Gasteiger partial charge in [0.1, 0.15) is 0 Å². The van der Waals surface area contributed by atoms with Gasteiger partial charge in [-0.3, -0.25) is 0 Å². The standard InChI is InChI=1S/C19H17BrN4OS/c1-3-10-24-16-9-8-13(20)11-14(16)17(18(24)25)22-23-19(26)21-15-7-5-4-6-12(15)2/h3-9,11,25H,1,10H2,2H3,(H,21,26). The van der Waals surface area contributed by atoms with Gasteiger partial charge in [-0.05, 0) is 49.0 Å². The predicted octanol–water partition coefficient (Wildman–Crippen LogP) is 6.08. The fourth-order valence-electron chi connectivity index (χ4n) is 2.66. The van der Waals surface area contributed by atoms with Crippen molar-refractivity contribution >= 4 is 55.5 Å². The molecule has 0 aliphatic rings. The summed E-state index contributed by atoms with van der Waals surface area (Å²) in [5, 5.41) is 22.9. The van der Waals surface area contributed by atoms with E-state index in [2.05, 4.69) is 38.1 Å². The van der Waals surface area contributed by atoms with E-state index in [9.17, 15) is 5.11 Å². The van der Waals surface area contributed by atoms with Gasteiger partial charge in [0.2, 0.25) is 11.0 Å². The fraction of sp³-hybridized carbons (Fsp3) is 0.105. The van der Waals surface area contributed by atoms with Crippen LogP contribution in [0.2, 0.25) is 0 Å². The summed E-state index contributed by atoms with van der Waals surface area (Å²) in [6.07, 6.45) is 1.71. The summed E-state index contributed by atoms with van der Waals surface area (Å²) in [4.78, 5) is 0. The van der Waals surface area contributed by atoms with Gasteiger partial charge in [0.25, 0.3) is 0 Å². The number of aromatic hydroxyl groups is 1. The molecular weight excluding hydrogens is 412 g/mol. The number of halogens is 1. The first kappa shape index (κ1) is 18.3. The van der Waals surface area contributed by atoms with E-state index < -0.39 is 0 Å². The normalized spacial score (nSPS) is 11.2. The molecule has 0 radical (unpaired) electrons. The van der Waals surface area contributed by atoms with Crippen LogP contribution >= 0.6 is 28.1 Å². The molecule has 0 aliphatic heterocycles. The van der Waals surface area contributed by atoms with Gasteiger partial charge in [0.05, 0.1) is 5.52 Å². The lowest BCUT2D eigenvalue weighted by Gasteiger charge is -2.06. The van der Waals surface area contributed by atoms with Crippen molar-refractivity contribution in [2.45, 2.75) is 13.5 Å². The molecule has 0 saturated carbocycles. The SMILES string of the molecule is C=CCn1c(O)c(N=NC(=S)Nc2ccccc2C)c2cc(Br)ccc21. The average Bonchev–Trinajstić information content (AvgIpc) is 2.87. The highest BCUT2D eigenvalue weighted by Gasteiger charge is 2.16. The highest BCUT2D eigenvalue weighted by atomic mass is 79.9. The van der Waals surface area contributed by atoms with Crippen molar-refractivity contribution in [2.24, 2.45) is 10.2 Å². The number of hydrogen-bond acceptors (Lipinski definition) is 3. The molecule has 0 atom stereocenters. The minimum Gasteiger partial charge on any atom is -0.493 e. The van der Waals surface area contributed by atoms with Crippen molar-refractivity contribution in [1.29, 1.82) is 0 Å². The first-order chi connectivity index (χ1) is 12.5. The van der Waals surface area contributed by atoms with Gasteiger partial charge in [-0.2, -0.15) is 0 Å². The Hall–Kier alpha value is -2.51. The maximum atomic E-state index is 10.6. The van der Waals surface area contributed by atoms with Crippen LogP contribution in [0.15, 0.2) is 69.8 Å². The molecule has 0 saturated heterocycles. The lowest BCUT2D eigenvalue weighted by atomic mass is 10.2. The molecule has 2 N–H and O–H groups in total. The monoisotopic (exact) mass is 428 g/mol. The largest absolute Gasteiger partial charge is 0.493 e. The summed E-state index contributed by atoms with van der Waals surface area (Å²) >= 11 is 8.71. The van der Waals surface area contributed by atoms with E-state index in [-0.39, 0.29) is 11.0 Å². The van der Waals surface area contributed by atoms with E-state index in [1.165, 1.54) is 0 Å². The number of para-hydroxylation sites is 1. The summed E-state index contributed by atoms with van der Waals surface area (Å²) in [7, 11) is 0. The van der Waals surface area contributed by atoms with E-state index in [0.717, 1.165) is 26.6 Å². The third-order valence-electron chi connectivity index (χ3n) is 3.91. The number of fused-ring (bicyclic) bond motifs is 1. The van der Waals surface area contributed by atoms with Crippen molar-refractivity contribution in [1.82, 2.24) is 4.57 Å². The summed E-state index contributed by atoms with van der Waals surface area (Å²) < 4.78 is 2.61. The van der Waals surface area contributed by atoms with Crippen molar-refractivity contribution < 1.29 is 5.11 Å². The molecular formula is C19H17BrN4OS. The van der Waals surface area contributed by atoms with E-state index in [1.807, 2.05) is 49.4 Å². The molecule has 26 heavy (non-hydrogen) atoms. The number of allylic oxidation sites excluding steroid dienone is 1. The Bertz CT molecular complexity index is 1030. The van der Waals surface area contributed by atoms with Gasteiger partial charge in [0, 0.05) is 22.1 Å². The minimum absolute atomic E-state index is 0.0282. The second kappa shape index (κ2) is 7.80. The number of benzene rings is 2. The molecule has 132 valence electrons. The number of nitrogens with zero attached hydrogens (tertiary/aromatic N) is 3. The maximum Gasteiger partial charge on any atom is 0.221 e. The van der Waals surface area contributed by atoms with Gasteiger partial charge in [-0.1, -0.05) is 40.2 Å². The Morgan fingerprint density at radius 1 is 1.35 bits per heavy atom. The molecule has 0 fully saturated rings. The number of nitrogens with one attached hydrogen (secondary N) is 1. The van der Waals surface area contributed by atoms with E-state index >= 15 is 0 Å². The third-order valence-corrected chi connectivity index (χ3v) is 4.59. The van der Waals surface area contributed by atoms with Crippen LogP contribution in [0.4, 0.5) is 11.4 Å². The van der Waals surface area contributed by atoms with Crippen LogP contribution in [0, 0.1) is 6.92 Å². The molecule has 2 aromatic carbocycles. The molecule has 0 unspecified atom stereocenters. The van der Waals surface area contributed by atoms with Crippen molar-refractivity contribution in [3.8, 4) is 5.88 Å². The van der Waals surface area contributed by atoms with Crippen LogP contribution in [0.3, 0.4) is 0 Å². The topological polar surface area (TPSA) is 61.9 Å².